The lowest BCUT2D eigenvalue weighted by Gasteiger charge is -2.10. The van der Waals surface area contributed by atoms with E-state index < -0.39 is 0 Å². The van der Waals surface area contributed by atoms with Gasteiger partial charge in [0.25, 0.3) is 5.56 Å². The summed E-state index contributed by atoms with van der Waals surface area (Å²) in [6.45, 7) is 17.4. The minimum atomic E-state index is -0.0494. The fourth-order valence-corrected chi connectivity index (χ4v) is 6.16. The summed E-state index contributed by atoms with van der Waals surface area (Å²) in [6.07, 6.45) is 0. The third kappa shape index (κ3) is 5.25. The van der Waals surface area contributed by atoms with Gasteiger partial charge >= 0.3 is 0 Å². The number of hydrogen-bond acceptors (Lipinski definition) is 3. The normalized spacial score (nSPS) is 12.1. The lowest BCUT2D eigenvalue weighted by molar-refractivity contribution is 0.777. The van der Waals surface area contributed by atoms with Crippen LogP contribution in [0.5, 0.6) is 0 Å². The first-order valence-corrected chi connectivity index (χ1v) is 14.9. The number of rotatable bonds is 4. The maximum absolute atomic E-state index is 12.4. The molecule has 202 valence electrons. The predicted octanol–water partition coefficient (Wildman–Crippen LogP) is 9.95. The van der Waals surface area contributed by atoms with E-state index in [1.807, 2.05) is 37.3 Å². The van der Waals surface area contributed by atoms with Gasteiger partial charge in [-0.25, -0.2) is 4.98 Å². The number of aromatic nitrogens is 3. The maximum Gasteiger partial charge on any atom is 0.259 e. The number of benzene rings is 3. The van der Waals surface area contributed by atoms with E-state index in [9.17, 15) is 4.79 Å². The fraction of sp³-hybridized carbons (Fsp3) is 0.353. The summed E-state index contributed by atoms with van der Waals surface area (Å²) < 4.78 is 1.43. The summed E-state index contributed by atoms with van der Waals surface area (Å²) in [6, 6.07) is 19.4. The SMILES string of the molecule is CC(C)c1cc2c(ccc3cc(C(C)C)sc32)[nH]1.CC(C)c1ccc2c(ccc3nc(C(C)C)[nH]c(=O)c32)c1. The van der Waals surface area contributed by atoms with Crippen LogP contribution in [0, 0.1) is 0 Å². The molecule has 5 heteroatoms. The summed E-state index contributed by atoms with van der Waals surface area (Å²) in [5.41, 5.74) is 4.60. The lowest BCUT2D eigenvalue weighted by atomic mass is 9.97. The first-order chi connectivity index (χ1) is 18.5. The molecular formula is C34H39N3OS. The zero-order valence-electron chi connectivity index (χ0n) is 24.3. The van der Waals surface area contributed by atoms with Crippen molar-refractivity contribution in [2.24, 2.45) is 0 Å². The standard InChI is InChI=1S/C18H20N2O.C16H19NS/c1-10(2)12-5-7-14-13(9-12)6-8-15-16(14)18(21)20-17(19-15)11(3)4;1-9(2)14-8-12-13(17-14)6-5-11-7-15(10(3)4)18-16(11)12/h5-11H,1-4H3,(H,19,20,21);5-10,17H,1-4H3. The average molecular weight is 538 g/mol. The van der Waals surface area contributed by atoms with Crippen LogP contribution in [-0.4, -0.2) is 15.0 Å². The van der Waals surface area contributed by atoms with Crippen LogP contribution in [0.3, 0.4) is 0 Å². The highest BCUT2D eigenvalue weighted by Gasteiger charge is 2.12. The Labute approximate surface area is 234 Å². The van der Waals surface area contributed by atoms with Crippen LogP contribution in [0.1, 0.15) is 101 Å². The van der Waals surface area contributed by atoms with Crippen LogP contribution < -0.4 is 5.56 Å². The Balaban J connectivity index is 0.000000160. The first kappa shape index (κ1) is 27.1. The van der Waals surface area contributed by atoms with Gasteiger partial charge in [0.2, 0.25) is 0 Å². The molecule has 39 heavy (non-hydrogen) atoms. The number of thiophene rings is 1. The molecule has 0 amide bonds. The van der Waals surface area contributed by atoms with Gasteiger partial charge in [-0.3, -0.25) is 4.79 Å². The zero-order valence-corrected chi connectivity index (χ0v) is 25.1. The molecule has 6 rings (SSSR count). The van der Waals surface area contributed by atoms with E-state index in [0.29, 0.717) is 23.1 Å². The molecule has 0 aliphatic carbocycles. The van der Waals surface area contributed by atoms with Gasteiger partial charge < -0.3 is 9.97 Å². The monoisotopic (exact) mass is 537 g/mol. The highest BCUT2D eigenvalue weighted by atomic mass is 32.1. The number of H-pyrrole nitrogens is 2. The van der Waals surface area contributed by atoms with Gasteiger partial charge in [-0.2, -0.15) is 0 Å². The highest BCUT2D eigenvalue weighted by molar-refractivity contribution is 7.20. The van der Waals surface area contributed by atoms with E-state index >= 15 is 0 Å². The van der Waals surface area contributed by atoms with E-state index in [4.69, 9.17) is 0 Å². The second-order valence-electron chi connectivity index (χ2n) is 11.8. The Bertz CT molecular complexity index is 1790. The molecule has 0 bridgehead atoms. The average Bonchev–Trinajstić information content (AvgIpc) is 3.53. The van der Waals surface area contributed by atoms with Gasteiger partial charge in [0.05, 0.1) is 10.9 Å². The number of fused-ring (bicyclic) bond motifs is 6. The molecule has 0 radical (unpaired) electrons. The topological polar surface area (TPSA) is 61.5 Å². The molecule has 4 nitrogen and oxygen atoms in total. The van der Waals surface area contributed by atoms with Crippen molar-refractivity contribution >= 4 is 54.0 Å². The predicted molar refractivity (Wildman–Crippen MR) is 170 cm³/mol. The minimum absolute atomic E-state index is 0.0494. The molecule has 3 aromatic heterocycles. The van der Waals surface area contributed by atoms with Crippen LogP contribution in [0.4, 0.5) is 0 Å². The molecule has 0 aliphatic rings. The number of hydrogen-bond donors (Lipinski definition) is 2. The van der Waals surface area contributed by atoms with E-state index in [1.165, 1.54) is 37.1 Å². The van der Waals surface area contributed by atoms with Gasteiger partial charge in [0.1, 0.15) is 5.82 Å². The fourth-order valence-electron chi connectivity index (χ4n) is 4.98. The van der Waals surface area contributed by atoms with Gasteiger partial charge in [-0.1, -0.05) is 85.7 Å². The molecule has 0 fully saturated rings. The highest BCUT2D eigenvalue weighted by Crippen LogP contribution is 2.36. The van der Waals surface area contributed by atoms with Crippen molar-refractivity contribution in [3.05, 3.63) is 86.9 Å². The Hall–Kier alpha value is -3.44. The van der Waals surface area contributed by atoms with Crippen molar-refractivity contribution in [3.63, 3.8) is 0 Å². The molecule has 0 spiro atoms. The van der Waals surface area contributed by atoms with E-state index in [0.717, 1.165) is 22.1 Å². The molecule has 0 unspecified atom stereocenters. The van der Waals surface area contributed by atoms with Crippen molar-refractivity contribution in [3.8, 4) is 0 Å². The Kier molecular flexibility index (Phi) is 7.39. The second kappa shape index (κ2) is 10.6. The smallest absolute Gasteiger partial charge is 0.259 e. The van der Waals surface area contributed by atoms with Crippen molar-refractivity contribution in [1.29, 1.82) is 0 Å². The third-order valence-corrected chi connectivity index (χ3v) is 8.94. The summed E-state index contributed by atoms with van der Waals surface area (Å²) in [5, 5.41) is 5.52. The maximum atomic E-state index is 12.4. The zero-order chi connectivity index (χ0) is 28.0. The van der Waals surface area contributed by atoms with Crippen LogP contribution in [0.25, 0.3) is 42.7 Å². The largest absolute Gasteiger partial charge is 0.358 e. The summed E-state index contributed by atoms with van der Waals surface area (Å²) in [5.74, 6) is 2.59. The molecule has 3 heterocycles. The molecule has 3 aromatic carbocycles. The molecule has 6 aromatic rings. The minimum Gasteiger partial charge on any atom is -0.358 e. The second-order valence-corrected chi connectivity index (χ2v) is 12.9. The molecular weight excluding hydrogens is 498 g/mol. The van der Waals surface area contributed by atoms with Crippen LogP contribution >= 0.6 is 11.3 Å². The first-order valence-electron chi connectivity index (χ1n) is 14.0. The number of aromatic amines is 2. The van der Waals surface area contributed by atoms with Crippen molar-refractivity contribution in [1.82, 2.24) is 15.0 Å². The van der Waals surface area contributed by atoms with Gasteiger partial charge in [-0.05, 0) is 63.7 Å². The van der Waals surface area contributed by atoms with E-state index in [1.54, 1.807) is 0 Å². The van der Waals surface area contributed by atoms with Gasteiger partial charge in [-0.15, -0.1) is 11.3 Å². The molecule has 2 N–H and O–H groups in total. The molecule has 0 saturated carbocycles. The Morgan fingerprint density at radius 1 is 0.692 bits per heavy atom. The number of nitrogens with zero attached hydrogens (tertiary/aromatic N) is 1. The molecule has 0 aliphatic heterocycles. The van der Waals surface area contributed by atoms with Crippen LogP contribution in [0.15, 0.2) is 59.4 Å². The molecule has 0 saturated heterocycles. The van der Waals surface area contributed by atoms with Gasteiger partial charge in [0.15, 0.2) is 0 Å². The third-order valence-electron chi connectivity index (χ3n) is 7.46. The quantitative estimate of drug-likeness (QED) is 0.220. The lowest BCUT2D eigenvalue weighted by Crippen LogP contribution is -2.13. The van der Waals surface area contributed by atoms with Crippen LogP contribution in [-0.2, 0) is 0 Å². The van der Waals surface area contributed by atoms with E-state index in [2.05, 4.69) is 99.0 Å². The van der Waals surface area contributed by atoms with Crippen molar-refractivity contribution in [2.45, 2.75) is 79.1 Å². The number of nitrogens with one attached hydrogen (secondary N) is 2. The van der Waals surface area contributed by atoms with Crippen molar-refractivity contribution in [2.75, 3.05) is 0 Å². The van der Waals surface area contributed by atoms with Gasteiger partial charge in [0, 0.05) is 32.1 Å². The van der Waals surface area contributed by atoms with Crippen molar-refractivity contribution < 1.29 is 0 Å². The van der Waals surface area contributed by atoms with E-state index in [-0.39, 0.29) is 11.5 Å². The summed E-state index contributed by atoms with van der Waals surface area (Å²) in [7, 11) is 0. The van der Waals surface area contributed by atoms with Crippen LogP contribution in [0.2, 0.25) is 0 Å². The summed E-state index contributed by atoms with van der Waals surface area (Å²) in [4.78, 5) is 25.0. The summed E-state index contributed by atoms with van der Waals surface area (Å²) >= 11 is 1.94. The molecule has 0 atom stereocenters. The Morgan fingerprint density at radius 3 is 2.10 bits per heavy atom. The Morgan fingerprint density at radius 2 is 1.44 bits per heavy atom.